The molecule has 2 unspecified atom stereocenters. The van der Waals surface area contributed by atoms with Crippen LogP contribution < -0.4 is 28.4 Å². The molecule has 0 aromatic heterocycles. The van der Waals surface area contributed by atoms with Crippen molar-refractivity contribution in [2.24, 2.45) is 0 Å². The molecule has 36 heavy (non-hydrogen) atoms. The van der Waals surface area contributed by atoms with E-state index in [9.17, 15) is 4.79 Å². The lowest BCUT2D eigenvalue weighted by atomic mass is 9.88. The van der Waals surface area contributed by atoms with Crippen molar-refractivity contribution < 1.29 is 33.2 Å². The average Bonchev–Trinajstić information content (AvgIpc) is 3.22. The topological polar surface area (TPSA) is 75.7 Å². The number of nitrogens with zero attached hydrogens (tertiary/aromatic N) is 1. The number of carbonyl (C=O) groups excluding carboxylic acids is 1. The minimum Gasteiger partial charge on any atom is -0.493 e. The van der Waals surface area contributed by atoms with E-state index in [0.29, 0.717) is 45.6 Å². The van der Waals surface area contributed by atoms with Crippen molar-refractivity contribution in [1.29, 1.82) is 0 Å². The van der Waals surface area contributed by atoms with Crippen molar-refractivity contribution in [3.63, 3.8) is 0 Å². The van der Waals surface area contributed by atoms with Gasteiger partial charge >= 0.3 is 0 Å². The molecule has 0 spiro atoms. The number of ether oxygens (including phenoxy) is 6. The lowest BCUT2D eigenvalue weighted by molar-refractivity contribution is -0.114. The maximum absolute atomic E-state index is 13.9. The van der Waals surface area contributed by atoms with Gasteiger partial charge in [0.1, 0.15) is 0 Å². The minimum absolute atomic E-state index is 0.00859. The number of fused-ring (bicyclic) bond motifs is 2. The lowest BCUT2D eigenvalue weighted by Crippen LogP contribution is -2.43. The second-order valence-electron chi connectivity index (χ2n) is 8.65. The second kappa shape index (κ2) is 10.5. The van der Waals surface area contributed by atoms with Gasteiger partial charge in [0.15, 0.2) is 28.8 Å². The van der Waals surface area contributed by atoms with Crippen molar-refractivity contribution in [3.8, 4) is 34.5 Å². The van der Waals surface area contributed by atoms with Crippen molar-refractivity contribution >= 4 is 17.9 Å². The monoisotopic (exact) mass is 495 g/mol. The van der Waals surface area contributed by atoms with Gasteiger partial charge in [-0.25, -0.2) is 0 Å². The number of methoxy groups -OCH3 is 6. The zero-order chi connectivity index (χ0) is 26.0. The van der Waals surface area contributed by atoms with Crippen molar-refractivity contribution in [2.75, 3.05) is 49.7 Å². The molecule has 0 saturated carbocycles. The standard InChI is InChI=1S/C28H33NO7/c1-29-20-10-11-21(29)19(15-17-9-13-23(32-3)28(36-7)26(17)34-5)24(30)18(20)14-16-8-12-22(31-2)27(35-6)25(16)33-4/h8-9,12-15,20-21H,10-11H2,1-7H3. The molecule has 2 aliphatic heterocycles. The molecule has 2 aromatic rings. The molecule has 4 rings (SSSR count). The first-order valence-corrected chi connectivity index (χ1v) is 11.7. The van der Waals surface area contributed by atoms with Gasteiger partial charge in [-0.1, -0.05) is 0 Å². The number of hydrogen-bond donors (Lipinski definition) is 0. The molecule has 192 valence electrons. The van der Waals surface area contributed by atoms with Gasteiger partial charge in [-0.15, -0.1) is 0 Å². The van der Waals surface area contributed by atoms with Crippen molar-refractivity contribution in [3.05, 3.63) is 46.5 Å². The molecule has 2 atom stereocenters. The summed E-state index contributed by atoms with van der Waals surface area (Å²) in [5.41, 5.74) is 2.92. The Hall–Kier alpha value is -3.65. The van der Waals surface area contributed by atoms with E-state index in [1.165, 1.54) is 0 Å². The van der Waals surface area contributed by atoms with Crippen LogP contribution in [0.4, 0.5) is 0 Å². The Balaban J connectivity index is 1.85. The van der Waals surface area contributed by atoms with Crippen LogP contribution in [0.25, 0.3) is 12.2 Å². The molecule has 0 radical (unpaired) electrons. The van der Waals surface area contributed by atoms with Gasteiger partial charge in [-0.05, 0) is 56.3 Å². The van der Waals surface area contributed by atoms with Crippen LogP contribution in [0.15, 0.2) is 35.4 Å². The number of likely N-dealkylation sites (N-methyl/N-ethyl adjacent to an activating group) is 1. The molecule has 8 nitrogen and oxygen atoms in total. The third-order valence-electron chi connectivity index (χ3n) is 7.03. The van der Waals surface area contributed by atoms with Gasteiger partial charge in [0.2, 0.25) is 11.5 Å². The highest BCUT2D eigenvalue weighted by atomic mass is 16.5. The van der Waals surface area contributed by atoms with Crippen LogP contribution in [0.2, 0.25) is 0 Å². The maximum atomic E-state index is 13.9. The Morgan fingerprint density at radius 3 is 1.36 bits per heavy atom. The van der Waals surface area contributed by atoms with Gasteiger partial charge in [0, 0.05) is 34.4 Å². The summed E-state index contributed by atoms with van der Waals surface area (Å²) >= 11 is 0. The first-order valence-electron chi connectivity index (χ1n) is 11.7. The van der Waals surface area contributed by atoms with E-state index in [0.717, 1.165) is 24.0 Å². The predicted octanol–water partition coefficient (Wildman–Crippen LogP) is 4.25. The quantitative estimate of drug-likeness (QED) is 0.503. The fourth-order valence-corrected chi connectivity index (χ4v) is 5.29. The number of Topliss-reactive ketones (excluding diaryl/α,β-unsaturated/α-hetero) is 1. The highest BCUT2D eigenvalue weighted by Crippen LogP contribution is 2.46. The summed E-state index contributed by atoms with van der Waals surface area (Å²) in [6.07, 6.45) is 5.58. The molecule has 8 heteroatoms. The van der Waals surface area contributed by atoms with E-state index in [-0.39, 0.29) is 17.9 Å². The third kappa shape index (κ3) is 4.15. The highest BCUT2D eigenvalue weighted by Gasteiger charge is 2.45. The molecule has 2 aromatic carbocycles. The summed E-state index contributed by atoms with van der Waals surface area (Å²) in [7, 11) is 11.5. The van der Waals surface area contributed by atoms with Crippen LogP contribution in [0.5, 0.6) is 34.5 Å². The summed E-state index contributed by atoms with van der Waals surface area (Å²) in [5.74, 6) is 3.15. The summed E-state index contributed by atoms with van der Waals surface area (Å²) in [6.45, 7) is 0. The molecule has 2 saturated heterocycles. The molecule has 2 heterocycles. The molecular formula is C28H33NO7. The number of piperidine rings is 1. The Labute approximate surface area is 212 Å². The van der Waals surface area contributed by atoms with Gasteiger partial charge in [-0.3, -0.25) is 9.69 Å². The zero-order valence-electron chi connectivity index (χ0n) is 21.8. The Bertz CT molecular complexity index is 1130. The molecule has 0 amide bonds. The van der Waals surface area contributed by atoms with E-state index < -0.39 is 0 Å². The first-order chi connectivity index (χ1) is 17.4. The van der Waals surface area contributed by atoms with E-state index in [4.69, 9.17) is 28.4 Å². The fourth-order valence-electron chi connectivity index (χ4n) is 5.29. The normalized spacial score (nSPS) is 21.6. The van der Waals surface area contributed by atoms with Crippen molar-refractivity contribution in [2.45, 2.75) is 24.9 Å². The summed E-state index contributed by atoms with van der Waals surface area (Å²) < 4.78 is 33.2. The van der Waals surface area contributed by atoms with Gasteiger partial charge < -0.3 is 28.4 Å². The Morgan fingerprint density at radius 2 is 1.03 bits per heavy atom. The zero-order valence-corrected chi connectivity index (χ0v) is 21.8. The van der Waals surface area contributed by atoms with Crippen LogP contribution in [-0.2, 0) is 4.79 Å². The fraction of sp³-hybridized carbons (Fsp3) is 0.393. The van der Waals surface area contributed by atoms with Gasteiger partial charge in [0.25, 0.3) is 0 Å². The van der Waals surface area contributed by atoms with Crippen LogP contribution in [0, 0.1) is 0 Å². The summed E-state index contributed by atoms with van der Waals surface area (Å²) in [4.78, 5) is 16.2. The van der Waals surface area contributed by atoms with E-state index >= 15 is 0 Å². The molecule has 0 N–H and O–H groups in total. The molecule has 2 aliphatic rings. The molecule has 0 aliphatic carbocycles. The Kier molecular flexibility index (Phi) is 7.45. The van der Waals surface area contributed by atoms with E-state index in [2.05, 4.69) is 11.9 Å². The number of benzene rings is 2. The third-order valence-corrected chi connectivity index (χ3v) is 7.03. The largest absolute Gasteiger partial charge is 0.493 e. The second-order valence-corrected chi connectivity index (χ2v) is 8.65. The molecular weight excluding hydrogens is 462 g/mol. The van der Waals surface area contributed by atoms with Crippen molar-refractivity contribution in [1.82, 2.24) is 4.90 Å². The maximum Gasteiger partial charge on any atom is 0.203 e. The number of hydrogen-bond acceptors (Lipinski definition) is 8. The van der Waals surface area contributed by atoms with Gasteiger partial charge in [0.05, 0.1) is 42.7 Å². The summed E-state index contributed by atoms with van der Waals surface area (Å²) in [6, 6.07) is 7.42. The van der Waals surface area contributed by atoms with Crippen LogP contribution in [-0.4, -0.2) is 72.5 Å². The van der Waals surface area contributed by atoms with Gasteiger partial charge in [-0.2, -0.15) is 0 Å². The molecule has 2 bridgehead atoms. The predicted molar refractivity (Wildman–Crippen MR) is 138 cm³/mol. The smallest absolute Gasteiger partial charge is 0.203 e. The van der Waals surface area contributed by atoms with Crippen LogP contribution in [0.3, 0.4) is 0 Å². The average molecular weight is 496 g/mol. The number of carbonyl (C=O) groups is 1. The number of ketones is 1. The van der Waals surface area contributed by atoms with Crippen LogP contribution in [0.1, 0.15) is 24.0 Å². The molecule has 2 fully saturated rings. The van der Waals surface area contributed by atoms with E-state index in [1.807, 2.05) is 36.4 Å². The number of rotatable bonds is 8. The Morgan fingerprint density at radius 1 is 0.639 bits per heavy atom. The SMILES string of the molecule is COc1ccc(C=C2C(=O)C(=Cc3ccc(OC)c(OC)c3OC)C3CCC2N3C)c(OC)c1OC. The lowest BCUT2D eigenvalue weighted by Gasteiger charge is -2.34. The van der Waals surface area contributed by atoms with E-state index in [1.54, 1.807) is 42.7 Å². The summed E-state index contributed by atoms with van der Waals surface area (Å²) in [5, 5.41) is 0. The highest BCUT2D eigenvalue weighted by molar-refractivity contribution is 6.16. The first kappa shape index (κ1) is 25.4. The minimum atomic E-state index is 0.00859. The van der Waals surface area contributed by atoms with Crippen LogP contribution >= 0.6 is 0 Å².